The summed E-state index contributed by atoms with van der Waals surface area (Å²) in [6, 6.07) is 0.244. The molecule has 1 saturated heterocycles. The summed E-state index contributed by atoms with van der Waals surface area (Å²) in [4.78, 5) is 13.5. The lowest BCUT2D eigenvalue weighted by molar-refractivity contribution is -0.128. The molecule has 1 aliphatic heterocycles. The number of likely N-dealkylation sites (tertiary alicyclic amines) is 1. The third-order valence-electron chi connectivity index (χ3n) is 2.49. The van der Waals surface area contributed by atoms with Gasteiger partial charge in [0.15, 0.2) is 0 Å². The molecule has 2 heterocycles. The molecule has 1 aliphatic rings. The van der Waals surface area contributed by atoms with E-state index in [0.29, 0.717) is 5.89 Å². The van der Waals surface area contributed by atoms with Crippen LogP contribution >= 0.6 is 0 Å². The van der Waals surface area contributed by atoms with Crippen LogP contribution in [-0.4, -0.2) is 40.6 Å². The molecule has 16 heavy (non-hydrogen) atoms. The maximum Gasteiger partial charge on any atom is 0.315 e. The van der Waals surface area contributed by atoms with E-state index in [1.54, 1.807) is 0 Å². The van der Waals surface area contributed by atoms with E-state index >= 15 is 0 Å². The molecule has 3 N–H and O–H groups in total. The van der Waals surface area contributed by atoms with Crippen molar-refractivity contribution in [3.05, 3.63) is 5.89 Å². The number of nitrogens with zero attached hydrogens (tertiary/aromatic N) is 3. The molecule has 0 bridgehead atoms. The summed E-state index contributed by atoms with van der Waals surface area (Å²) < 4.78 is 5.12. The highest BCUT2D eigenvalue weighted by molar-refractivity contribution is 5.80. The number of nitrogens with two attached hydrogens (primary N) is 1. The maximum absolute atomic E-state index is 11.6. The van der Waals surface area contributed by atoms with Crippen molar-refractivity contribution in [3.8, 4) is 0 Å². The highest BCUT2D eigenvalue weighted by atomic mass is 16.4. The van der Waals surface area contributed by atoms with Crippen molar-refractivity contribution >= 4 is 11.9 Å². The Hall–Kier alpha value is -1.63. The molecule has 1 amide bonds. The minimum absolute atomic E-state index is 0.0602. The Bertz CT molecular complexity index is 359. The molecule has 7 heteroatoms. The molecule has 1 fully saturated rings. The summed E-state index contributed by atoms with van der Waals surface area (Å²) in [5.74, 6) is 0.418. The Morgan fingerprint density at radius 3 is 2.81 bits per heavy atom. The molecule has 0 radical (unpaired) electrons. The number of carbonyl (C=O) groups excluding carboxylic acids is 1. The van der Waals surface area contributed by atoms with Crippen LogP contribution in [0.2, 0.25) is 0 Å². The standard InChI is InChI=1S/C9H15N5O2/c10-5-7-12-13-9(16-7)11-6-8(15)14-3-1-2-4-14/h1-6,10H2,(H,11,13). The van der Waals surface area contributed by atoms with Gasteiger partial charge in [0.25, 0.3) is 0 Å². The number of carbonyl (C=O) groups is 1. The van der Waals surface area contributed by atoms with E-state index in [4.69, 9.17) is 10.2 Å². The van der Waals surface area contributed by atoms with Crippen molar-refractivity contribution in [1.82, 2.24) is 15.1 Å². The fraction of sp³-hybridized carbons (Fsp3) is 0.667. The van der Waals surface area contributed by atoms with Crippen molar-refractivity contribution in [2.45, 2.75) is 19.4 Å². The average molecular weight is 225 g/mol. The van der Waals surface area contributed by atoms with Crippen molar-refractivity contribution in [2.24, 2.45) is 5.73 Å². The largest absolute Gasteiger partial charge is 0.407 e. The lowest BCUT2D eigenvalue weighted by Gasteiger charge is -2.14. The first-order valence-electron chi connectivity index (χ1n) is 5.33. The topological polar surface area (TPSA) is 97.3 Å². The van der Waals surface area contributed by atoms with Gasteiger partial charge in [-0.05, 0) is 12.8 Å². The van der Waals surface area contributed by atoms with Gasteiger partial charge in [0.2, 0.25) is 11.8 Å². The van der Waals surface area contributed by atoms with Crippen LogP contribution in [0.4, 0.5) is 6.01 Å². The van der Waals surface area contributed by atoms with E-state index in [0.717, 1.165) is 25.9 Å². The van der Waals surface area contributed by atoms with Gasteiger partial charge >= 0.3 is 6.01 Å². The predicted molar refractivity (Wildman–Crippen MR) is 56.5 cm³/mol. The van der Waals surface area contributed by atoms with Crippen molar-refractivity contribution in [2.75, 3.05) is 25.0 Å². The van der Waals surface area contributed by atoms with Gasteiger partial charge < -0.3 is 20.4 Å². The highest BCUT2D eigenvalue weighted by Crippen LogP contribution is 2.08. The summed E-state index contributed by atoms with van der Waals surface area (Å²) in [6.45, 7) is 2.08. The smallest absolute Gasteiger partial charge is 0.315 e. The summed E-state index contributed by atoms with van der Waals surface area (Å²) in [5.41, 5.74) is 5.32. The zero-order chi connectivity index (χ0) is 11.4. The van der Waals surface area contributed by atoms with E-state index in [2.05, 4.69) is 15.5 Å². The first-order valence-corrected chi connectivity index (χ1v) is 5.33. The Kier molecular flexibility index (Phi) is 3.35. The second-order valence-corrected chi connectivity index (χ2v) is 3.65. The molecular formula is C9H15N5O2. The molecule has 1 aromatic rings. The molecule has 2 rings (SSSR count). The fourth-order valence-electron chi connectivity index (χ4n) is 1.64. The number of hydrogen-bond acceptors (Lipinski definition) is 6. The van der Waals surface area contributed by atoms with Gasteiger partial charge in [-0.15, -0.1) is 5.10 Å². The first-order chi connectivity index (χ1) is 7.79. The molecule has 0 aliphatic carbocycles. The number of anilines is 1. The zero-order valence-electron chi connectivity index (χ0n) is 8.98. The quantitative estimate of drug-likeness (QED) is 0.721. The van der Waals surface area contributed by atoms with Gasteiger partial charge in [0.05, 0.1) is 13.1 Å². The van der Waals surface area contributed by atoms with Gasteiger partial charge in [-0.1, -0.05) is 5.10 Å². The summed E-state index contributed by atoms with van der Waals surface area (Å²) in [6.07, 6.45) is 2.17. The summed E-state index contributed by atoms with van der Waals surface area (Å²) in [7, 11) is 0. The van der Waals surface area contributed by atoms with Gasteiger partial charge in [-0.3, -0.25) is 4.79 Å². The van der Waals surface area contributed by atoms with E-state index in [1.807, 2.05) is 4.90 Å². The third kappa shape index (κ3) is 2.48. The fourth-order valence-corrected chi connectivity index (χ4v) is 1.64. The molecular weight excluding hydrogens is 210 g/mol. The third-order valence-corrected chi connectivity index (χ3v) is 2.49. The van der Waals surface area contributed by atoms with E-state index in [1.165, 1.54) is 0 Å². The molecule has 0 unspecified atom stereocenters. The van der Waals surface area contributed by atoms with E-state index in [-0.39, 0.29) is 25.0 Å². The Morgan fingerprint density at radius 1 is 1.44 bits per heavy atom. The van der Waals surface area contributed by atoms with Gasteiger partial charge in [-0.2, -0.15) is 0 Å². The zero-order valence-corrected chi connectivity index (χ0v) is 8.98. The minimum atomic E-state index is 0.0602. The molecule has 0 saturated carbocycles. The van der Waals surface area contributed by atoms with E-state index in [9.17, 15) is 4.79 Å². The van der Waals surface area contributed by atoms with Crippen LogP contribution < -0.4 is 11.1 Å². The van der Waals surface area contributed by atoms with Gasteiger partial charge in [-0.25, -0.2) is 0 Å². The second-order valence-electron chi connectivity index (χ2n) is 3.65. The van der Waals surface area contributed by atoms with Crippen molar-refractivity contribution in [3.63, 3.8) is 0 Å². The number of amides is 1. The molecule has 7 nitrogen and oxygen atoms in total. The summed E-state index contributed by atoms with van der Waals surface area (Å²) in [5, 5.41) is 10.2. The average Bonchev–Trinajstić information content (AvgIpc) is 2.96. The van der Waals surface area contributed by atoms with Crippen LogP contribution in [0, 0.1) is 0 Å². The number of aromatic nitrogens is 2. The van der Waals surface area contributed by atoms with E-state index < -0.39 is 0 Å². The Balaban J connectivity index is 1.80. The van der Waals surface area contributed by atoms with Crippen LogP contribution in [-0.2, 0) is 11.3 Å². The van der Waals surface area contributed by atoms with Crippen molar-refractivity contribution < 1.29 is 9.21 Å². The Morgan fingerprint density at radius 2 is 2.19 bits per heavy atom. The molecule has 1 aromatic heterocycles. The van der Waals surface area contributed by atoms with Crippen molar-refractivity contribution in [1.29, 1.82) is 0 Å². The number of rotatable bonds is 4. The molecule has 0 spiro atoms. The van der Waals surface area contributed by atoms with Crippen LogP contribution in [0.25, 0.3) is 0 Å². The van der Waals surface area contributed by atoms with Crippen LogP contribution in [0.1, 0.15) is 18.7 Å². The molecule has 88 valence electrons. The number of hydrogen-bond donors (Lipinski definition) is 2. The van der Waals surface area contributed by atoms with Crippen LogP contribution in [0.5, 0.6) is 0 Å². The second kappa shape index (κ2) is 4.93. The normalized spacial score (nSPS) is 15.4. The maximum atomic E-state index is 11.6. The predicted octanol–water partition coefficient (Wildman–Crippen LogP) is -0.437. The van der Waals surface area contributed by atoms with Gasteiger partial charge in [0.1, 0.15) is 0 Å². The van der Waals surface area contributed by atoms with Crippen LogP contribution in [0.3, 0.4) is 0 Å². The molecule has 0 atom stereocenters. The minimum Gasteiger partial charge on any atom is -0.407 e. The monoisotopic (exact) mass is 225 g/mol. The van der Waals surface area contributed by atoms with Gasteiger partial charge in [0, 0.05) is 13.1 Å². The number of nitrogens with one attached hydrogen (secondary N) is 1. The Labute approximate surface area is 93.0 Å². The summed E-state index contributed by atoms with van der Waals surface area (Å²) >= 11 is 0. The first kappa shape index (κ1) is 10.9. The molecule has 0 aromatic carbocycles. The lowest BCUT2D eigenvalue weighted by Crippen LogP contribution is -2.33. The highest BCUT2D eigenvalue weighted by Gasteiger charge is 2.17. The van der Waals surface area contributed by atoms with Crippen LogP contribution in [0.15, 0.2) is 4.42 Å². The lowest BCUT2D eigenvalue weighted by atomic mass is 10.4. The SMILES string of the molecule is NCc1nnc(NCC(=O)N2CCCC2)o1.